The number of hydrogen-bond acceptors (Lipinski definition) is 0. The molecule has 0 aliphatic rings. The lowest BCUT2D eigenvalue weighted by Gasteiger charge is -2.19. The molecule has 0 bridgehead atoms. The molecule has 0 radical (unpaired) electrons. The van der Waals surface area contributed by atoms with E-state index in [9.17, 15) is 0 Å². The van der Waals surface area contributed by atoms with Crippen LogP contribution in [0.1, 0.15) is 22.3 Å². The Balaban J connectivity index is 1.11. The maximum atomic E-state index is 2.35. The molecular formula is C56H40. The van der Waals surface area contributed by atoms with Crippen LogP contribution in [0.3, 0.4) is 0 Å². The molecule has 0 saturated heterocycles. The minimum atomic E-state index is 1.18. The third kappa shape index (κ3) is 7.29. The highest BCUT2D eigenvalue weighted by molar-refractivity contribution is 6.05. The molecule has 0 amide bonds. The van der Waals surface area contributed by atoms with Crippen LogP contribution >= 0.6 is 0 Å². The van der Waals surface area contributed by atoms with E-state index in [1.54, 1.807) is 0 Å². The summed E-state index contributed by atoms with van der Waals surface area (Å²) in [6.07, 6.45) is 0. The number of hydrogen-bond donors (Lipinski definition) is 0. The Morgan fingerprint density at radius 3 is 0.929 bits per heavy atom. The van der Waals surface area contributed by atoms with E-state index in [1.165, 1.54) is 89.0 Å². The molecule has 264 valence electrons. The molecule has 0 aromatic heterocycles. The third-order valence-corrected chi connectivity index (χ3v) is 10.5. The van der Waals surface area contributed by atoms with Gasteiger partial charge in [0, 0.05) is 0 Å². The average Bonchev–Trinajstić information content (AvgIpc) is 3.29. The van der Waals surface area contributed by atoms with Crippen LogP contribution in [0, 0.1) is 0 Å². The first-order valence-corrected chi connectivity index (χ1v) is 19.3. The van der Waals surface area contributed by atoms with Crippen LogP contribution in [-0.2, 0) is 0 Å². The molecule has 0 atom stereocenters. The van der Waals surface area contributed by atoms with Crippen LogP contribution in [0.5, 0.6) is 0 Å². The topological polar surface area (TPSA) is 0 Å². The van der Waals surface area contributed by atoms with E-state index in [-0.39, 0.29) is 0 Å². The molecule has 9 aromatic rings. The van der Waals surface area contributed by atoms with Crippen LogP contribution in [0.2, 0.25) is 0 Å². The second-order valence-electron chi connectivity index (χ2n) is 14.1. The molecule has 0 fully saturated rings. The van der Waals surface area contributed by atoms with Crippen LogP contribution < -0.4 is 0 Å². The van der Waals surface area contributed by atoms with Gasteiger partial charge in [0.05, 0.1) is 0 Å². The predicted octanol–water partition coefficient (Wildman–Crippen LogP) is 15.0. The molecular weight excluding hydrogens is 673 g/mol. The summed E-state index contributed by atoms with van der Waals surface area (Å²) in [5.41, 5.74) is 19.2. The van der Waals surface area contributed by atoms with Crippen molar-refractivity contribution in [2.45, 2.75) is 0 Å². The standard InChI is InChI=1S/C56H40/c1-6-19-41(20-7-1)53-36-35-51(40-54(53)42-21-8-2-9-22-42)49-32-17-30-47(38-49)46-29-16-31-48(37-46)50-33-18-34-52(39-50)56(45-27-14-5-15-28-45)55(43-23-10-3-11-24-43)44-25-12-4-13-26-44/h1-40H. The summed E-state index contributed by atoms with van der Waals surface area (Å²) in [5.74, 6) is 0. The van der Waals surface area contributed by atoms with Crippen LogP contribution in [-0.4, -0.2) is 0 Å². The highest BCUT2D eigenvalue weighted by atomic mass is 14.2. The molecule has 0 aliphatic heterocycles. The number of benzene rings is 9. The summed E-state index contributed by atoms with van der Waals surface area (Å²) in [5, 5.41) is 0. The first kappa shape index (κ1) is 34.5. The largest absolute Gasteiger partial charge is 0.0622 e. The first-order chi connectivity index (χ1) is 27.8. The molecule has 0 N–H and O–H groups in total. The van der Waals surface area contributed by atoms with Crippen molar-refractivity contribution in [3.63, 3.8) is 0 Å². The second-order valence-corrected chi connectivity index (χ2v) is 14.1. The molecule has 0 heteroatoms. The molecule has 0 unspecified atom stereocenters. The Bertz CT molecular complexity index is 2700. The Kier molecular flexibility index (Phi) is 9.84. The second kappa shape index (κ2) is 16.0. The SMILES string of the molecule is c1ccc(C(=C(c2ccccc2)c2cccc(-c3cccc(-c4cccc(-c5ccc(-c6ccccc6)c(-c6ccccc6)c5)c4)c3)c2)c2ccccc2)cc1. The van der Waals surface area contributed by atoms with E-state index in [0.29, 0.717) is 0 Å². The van der Waals surface area contributed by atoms with Gasteiger partial charge in [-0.15, -0.1) is 0 Å². The fourth-order valence-electron chi connectivity index (χ4n) is 7.79. The van der Waals surface area contributed by atoms with E-state index >= 15 is 0 Å². The molecule has 56 heavy (non-hydrogen) atoms. The van der Waals surface area contributed by atoms with Crippen LogP contribution in [0.15, 0.2) is 243 Å². The van der Waals surface area contributed by atoms with E-state index in [0.717, 1.165) is 0 Å². The molecule has 0 aliphatic carbocycles. The van der Waals surface area contributed by atoms with Crippen molar-refractivity contribution in [1.82, 2.24) is 0 Å². The fraction of sp³-hybridized carbons (Fsp3) is 0. The Hall–Kier alpha value is -7.28. The molecule has 0 saturated carbocycles. The predicted molar refractivity (Wildman–Crippen MR) is 238 cm³/mol. The van der Waals surface area contributed by atoms with Crippen molar-refractivity contribution in [2.24, 2.45) is 0 Å². The smallest absolute Gasteiger partial charge is 0.00266 e. The van der Waals surface area contributed by atoms with E-state index in [2.05, 4.69) is 243 Å². The minimum Gasteiger partial charge on any atom is -0.0622 e. The zero-order valence-corrected chi connectivity index (χ0v) is 31.1. The van der Waals surface area contributed by atoms with Crippen molar-refractivity contribution in [3.05, 3.63) is 265 Å². The van der Waals surface area contributed by atoms with Gasteiger partial charge in [-0.1, -0.05) is 218 Å². The summed E-state index contributed by atoms with van der Waals surface area (Å²) in [6, 6.07) is 87.5. The summed E-state index contributed by atoms with van der Waals surface area (Å²) in [6.45, 7) is 0. The van der Waals surface area contributed by atoms with Crippen molar-refractivity contribution in [2.75, 3.05) is 0 Å². The van der Waals surface area contributed by atoms with Gasteiger partial charge in [-0.05, 0) is 113 Å². The van der Waals surface area contributed by atoms with Crippen LogP contribution in [0.25, 0.3) is 66.8 Å². The molecule has 9 aromatic carbocycles. The lowest BCUT2D eigenvalue weighted by Crippen LogP contribution is -1.97. The third-order valence-electron chi connectivity index (χ3n) is 10.5. The summed E-state index contributed by atoms with van der Waals surface area (Å²) in [7, 11) is 0. The molecule has 0 nitrogen and oxygen atoms in total. The fourth-order valence-corrected chi connectivity index (χ4v) is 7.79. The van der Waals surface area contributed by atoms with Gasteiger partial charge in [0.1, 0.15) is 0 Å². The monoisotopic (exact) mass is 712 g/mol. The summed E-state index contributed by atoms with van der Waals surface area (Å²) in [4.78, 5) is 0. The van der Waals surface area contributed by atoms with E-state index in [4.69, 9.17) is 0 Å². The lowest BCUT2D eigenvalue weighted by atomic mass is 9.85. The highest BCUT2D eigenvalue weighted by Crippen LogP contribution is 2.40. The van der Waals surface area contributed by atoms with Gasteiger partial charge in [-0.2, -0.15) is 0 Å². The van der Waals surface area contributed by atoms with Gasteiger partial charge >= 0.3 is 0 Å². The normalized spacial score (nSPS) is 10.9. The molecule has 9 rings (SSSR count). The zero-order valence-electron chi connectivity index (χ0n) is 31.1. The van der Waals surface area contributed by atoms with Crippen molar-refractivity contribution in [3.8, 4) is 55.6 Å². The number of rotatable bonds is 9. The van der Waals surface area contributed by atoms with Gasteiger partial charge < -0.3 is 0 Å². The Morgan fingerprint density at radius 2 is 0.482 bits per heavy atom. The quantitative estimate of drug-likeness (QED) is 0.131. The minimum absolute atomic E-state index is 1.18. The van der Waals surface area contributed by atoms with Gasteiger partial charge in [0.15, 0.2) is 0 Å². The van der Waals surface area contributed by atoms with Gasteiger partial charge in [0.25, 0.3) is 0 Å². The van der Waals surface area contributed by atoms with Gasteiger partial charge in [-0.25, -0.2) is 0 Å². The average molecular weight is 713 g/mol. The maximum absolute atomic E-state index is 2.35. The van der Waals surface area contributed by atoms with E-state index in [1.807, 2.05) is 0 Å². The van der Waals surface area contributed by atoms with Crippen molar-refractivity contribution >= 4 is 11.1 Å². The first-order valence-electron chi connectivity index (χ1n) is 19.3. The van der Waals surface area contributed by atoms with Crippen molar-refractivity contribution < 1.29 is 0 Å². The summed E-state index contributed by atoms with van der Waals surface area (Å²) >= 11 is 0. The summed E-state index contributed by atoms with van der Waals surface area (Å²) < 4.78 is 0. The lowest BCUT2D eigenvalue weighted by molar-refractivity contribution is 1.50. The zero-order chi connectivity index (χ0) is 37.5. The Labute approximate surface area is 330 Å². The van der Waals surface area contributed by atoms with Gasteiger partial charge in [0.2, 0.25) is 0 Å². The molecule has 0 spiro atoms. The highest BCUT2D eigenvalue weighted by Gasteiger charge is 2.17. The van der Waals surface area contributed by atoms with Crippen molar-refractivity contribution in [1.29, 1.82) is 0 Å². The maximum Gasteiger partial charge on any atom is -0.00266 e. The Morgan fingerprint density at radius 1 is 0.179 bits per heavy atom. The molecule has 0 heterocycles. The van der Waals surface area contributed by atoms with E-state index < -0.39 is 0 Å². The van der Waals surface area contributed by atoms with Crippen LogP contribution in [0.4, 0.5) is 0 Å². The van der Waals surface area contributed by atoms with Gasteiger partial charge in [-0.3, -0.25) is 0 Å².